The summed E-state index contributed by atoms with van der Waals surface area (Å²) in [5.74, 6) is -1.76. The second kappa shape index (κ2) is 6.10. The minimum atomic E-state index is -0.729. The molecule has 1 aromatic rings. The molecule has 0 saturated carbocycles. The Labute approximate surface area is 121 Å². The van der Waals surface area contributed by atoms with Crippen LogP contribution in [0.1, 0.15) is 20.3 Å². The number of aliphatic hydroxyl groups excluding tert-OH is 1. The van der Waals surface area contributed by atoms with E-state index in [-0.39, 0.29) is 22.1 Å². The van der Waals surface area contributed by atoms with Crippen LogP contribution in [0.15, 0.2) is 18.2 Å². The van der Waals surface area contributed by atoms with Crippen LogP contribution in [0.4, 0.5) is 14.5 Å². The first-order chi connectivity index (χ1) is 9.41. The highest BCUT2D eigenvalue weighted by molar-refractivity contribution is 8.01. The maximum atomic E-state index is 13.7. The zero-order valence-corrected chi connectivity index (χ0v) is 12.2. The van der Waals surface area contributed by atoms with Gasteiger partial charge in [0.05, 0.1) is 11.4 Å². The van der Waals surface area contributed by atoms with Gasteiger partial charge in [-0.3, -0.25) is 4.79 Å². The van der Waals surface area contributed by atoms with Crippen molar-refractivity contribution in [1.29, 1.82) is 0 Å². The third kappa shape index (κ3) is 2.96. The monoisotopic (exact) mass is 301 g/mol. The van der Waals surface area contributed by atoms with Gasteiger partial charge >= 0.3 is 0 Å². The van der Waals surface area contributed by atoms with Crippen LogP contribution in [0.3, 0.4) is 0 Å². The van der Waals surface area contributed by atoms with Gasteiger partial charge in [-0.2, -0.15) is 0 Å². The Hall–Kier alpha value is -1.14. The van der Waals surface area contributed by atoms with Gasteiger partial charge in [-0.15, -0.1) is 11.8 Å². The lowest BCUT2D eigenvalue weighted by Crippen LogP contribution is -2.31. The van der Waals surface area contributed by atoms with Crippen molar-refractivity contribution in [2.24, 2.45) is 0 Å². The Morgan fingerprint density at radius 3 is 2.50 bits per heavy atom. The summed E-state index contributed by atoms with van der Waals surface area (Å²) in [6, 6.07) is 3.56. The number of carbonyl (C=O) groups excluding carboxylic acids is 1. The molecule has 3 nitrogen and oxygen atoms in total. The zero-order valence-electron chi connectivity index (χ0n) is 11.3. The molecule has 1 aromatic carbocycles. The number of benzene rings is 1. The van der Waals surface area contributed by atoms with Gasteiger partial charge in [0.1, 0.15) is 17.3 Å². The van der Waals surface area contributed by atoms with Gasteiger partial charge in [0.25, 0.3) is 0 Å². The molecule has 1 fully saturated rings. The van der Waals surface area contributed by atoms with Gasteiger partial charge in [0.2, 0.25) is 5.91 Å². The molecule has 110 valence electrons. The van der Waals surface area contributed by atoms with E-state index in [1.807, 2.05) is 6.92 Å². The molecule has 0 aliphatic carbocycles. The predicted molar refractivity (Wildman–Crippen MR) is 75.8 cm³/mol. The number of aliphatic hydroxyl groups is 1. The summed E-state index contributed by atoms with van der Waals surface area (Å²) in [5, 5.41) is 9.01. The third-order valence-corrected chi connectivity index (χ3v) is 5.01. The van der Waals surface area contributed by atoms with Crippen molar-refractivity contribution in [2.45, 2.75) is 36.9 Å². The van der Waals surface area contributed by atoms with Gasteiger partial charge in [-0.25, -0.2) is 8.78 Å². The topological polar surface area (TPSA) is 40.5 Å². The van der Waals surface area contributed by atoms with E-state index >= 15 is 0 Å². The van der Waals surface area contributed by atoms with Crippen molar-refractivity contribution in [3.05, 3.63) is 29.8 Å². The quantitative estimate of drug-likeness (QED) is 0.929. The molecule has 0 aromatic heterocycles. The van der Waals surface area contributed by atoms with Crippen LogP contribution in [0.2, 0.25) is 0 Å². The van der Waals surface area contributed by atoms with E-state index in [0.717, 1.165) is 17.0 Å². The van der Waals surface area contributed by atoms with E-state index in [2.05, 4.69) is 0 Å². The van der Waals surface area contributed by atoms with Crippen LogP contribution in [0, 0.1) is 11.6 Å². The smallest absolute Gasteiger partial charge is 0.240 e. The summed E-state index contributed by atoms with van der Waals surface area (Å²) in [5.41, 5.74) is -0.273. The van der Waals surface area contributed by atoms with Crippen molar-refractivity contribution in [2.75, 3.05) is 11.4 Å². The first-order valence-corrected chi connectivity index (χ1v) is 7.45. The number of hydrogen-bond acceptors (Lipinski definition) is 3. The van der Waals surface area contributed by atoms with Crippen LogP contribution in [-0.4, -0.2) is 34.2 Å². The average molecular weight is 301 g/mol. The molecular formula is C14H17F2NO2S. The number of carbonyl (C=O) groups is 1. The second-order valence-electron chi connectivity index (χ2n) is 4.92. The Morgan fingerprint density at radius 1 is 1.35 bits per heavy atom. The van der Waals surface area contributed by atoms with Crippen LogP contribution >= 0.6 is 11.8 Å². The minimum absolute atomic E-state index is 0.102. The Balaban J connectivity index is 2.16. The summed E-state index contributed by atoms with van der Waals surface area (Å²) >= 11 is 1.35. The molecule has 0 unspecified atom stereocenters. The molecule has 2 rings (SSSR count). The molecule has 3 atom stereocenters. The van der Waals surface area contributed by atoms with Crippen LogP contribution in [-0.2, 0) is 4.79 Å². The van der Waals surface area contributed by atoms with Crippen LogP contribution in [0.5, 0.6) is 0 Å². The largest absolute Gasteiger partial charge is 0.392 e. The number of nitrogens with zero attached hydrogens (tertiary/aromatic N) is 1. The number of amides is 1. The van der Waals surface area contributed by atoms with E-state index in [9.17, 15) is 18.7 Å². The molecule has 0 radical (unpaired) electrons. The summed E-state index contributed by atoms with van der Waals surface area (Å²) in [6.07, 6.45) is -0.0130. The normalized spacial score (nSPS) is 22.1. The van der Waals surface area contributed by atoms with Crippen molar-refractivity contribution in [1.82, 2.24) is 0 Å². The lowest BCUT2D eigenvalue weighted by molar-refractivity contribution is -0.116. The second-order valence-corrected chi connectivity index (χ2v) is 6.50. The summed E-state index contributed by atoms with van der Waals surface area (Å²) in [7, 11) is 0. The third-order valence-electron chi connectivity index (χ3n) is 3.42. The molecule has 0 bridgehead atoms. The van der Waals surface area contributed by atoms with Crippen LogP contribution in [0.25, 0.3) is 0 Å². The number of hydrogen-bond donors (Lipinski definition) is 1. The van der Waals surface area contributed by atoms with E-state index in [0.29, 0.717) is 13.0 Å². The Bertz CT molecular complexity index is 490. The number of rotatable bonds is 4. The molecule has 1 aliphatic rings. The van der Waals surface area contributed by atoms with Gasteiger partial charge in [0, 0.05) is 11.8 Å². The highest BCUT2D eigenvalue weighted by Gasteiger charge is 2.36. The van der Waals surface area contributed by atoms with Gasteiger partial charge in [-0.1, -0.05) is 13.0 Å². The van der Waals surface area contributed by atoms with Crippen molar-refractivity contribution < 1.29 is 18.7 Å². The number of thioether (sulfide) groups is 1. The fraction of sp³-hybridized carbons (Fsp3) is 0.500. The Morgan fingerprint density at radius 2 is 1.95 bits per heavy atom. The van der Waals surface area contributed by atoms with Crippen molar-refractivity contribution in [3.8, 4) is 0 Å². The molecule has 0 spiro atoms. The fourth-order valence-corrected chi connectivity index (χ4v) is 3.35. The summed E-state index contributed by atoms with van der Waals surface area (Å²) < 4.78 is 27.4. The summed E-state index contributed by atoms with van der Waals surface area (Å²) in [6.45, 7) is 3.78. The number of halogens is 2. The standard InChI is InChI=1S/C14H17F2NO2S/c1-8(18)9(2)20-12-6-7-17(14(12)19)13-10(15)4-3-5-11(13)16/h3-5,8-9,12,18H,6-7H2,1-2H3/t8-,9+,12-/m0/s1. The molecule has 1 N–H and O–H groups in total. The fourth-order valence-electron chi connectivity index (χ4n) is 2.12. The van der Waals surface area contributed by atoms with E-state index in [4.69, 9.17) is 0 Å². The van der Waals surface area contributed by atoms with Crippen LogP contribution < -0.4 is 4.90 Å². The summed E-state index contributed by atoms with van der Waals surface area (Å²) in [4.78, 5) is 13.4. The minimum Gasteiger partial charge on any atom is -0.392 e. The number of anilines is 1. The van der Waals surface area contributed by atoms with Crippen molar-refractivity contribution >= 4 is 23.4 Å². The molecule has 20 heavy (non-hydrogen) atoms. The highest BCUT2D eigenvalue weighted by Crippen LogP contribution is 2.34. The first-order valence-electron chi connectivity index (χ1n) is 6.50. The molecule has 1 heterocycles. The van der Waals surface area contributed by atoms with E-state index in [1.165, 1.54) is 17.8 Å². The highest BCUT2D eigenvalue weighted by atomic mass is 32.2. The Kier molecular flexibility index (Phi) is 4.65. The number of para-hydroxylation sites is 1. The molecule has 1 saturated heterocycles. The maximum Gasteiger partial charge on any atom is 0.240 e. The van der Waals surface area contributed by atoms with E-state index < -0.39 is 17.7 Å². The zero-order chi connectivity index (χ0) is 14.9. The van der Waals surface area contributed by atoms with E-state index in [1.54, 1.807) is 6.92 Å². The van der Waals surface area contributed by atoms with Crippen molar-refractivity contribution in [3.63, 3.8) is 0 Å². The average Bonchev–Trinajstić information content (AvgIpc) is 2.71. The lowest BCUT2D eigenvalue weighted by Gasteiger charge is -2.20. The first kappa shape index (κ1) is 15.3. The van der Waals surface area contributed by atoms with Gasteiger partial charge in [0.15, 0.2) is 0 Å². The lowest BCUT2D eigenvalue weighted by atomic mass is 10.2. The molecular weight excluding hydrogens is 284 g/mol. The van der Waals surface area contributed by atoms with Gasteiger partial charge in [-0.05, 0) is 25.5 Å². The molecule has 1 aliphatic heterocycles. The molecule has 6 heteroatoms. The maximum absolute atomic E-state index is 13.7. The predicted octanol–water partition coefficient (Wildman–Crippen LogP) is 2.57. The van der Waals surface area contributed by atoms with Gasteiger partial charge < -0.3 is 10.0 Å². The SMILES string of the molecule is C[C@H](O)[C@@H](C)S[C@H]1CCN(c2c(F)cccc2F)C1=O. The molecule has 1 amide bonds.